The summed E-state index contributed by atoms with van der Waals surface area (Å²) in [5, 5.41) is 10.1. The van der Waals surface area contributed by atoms with E-state index in [0.717, 1.165) is 12.2 Å². The van der Waals surface area contributed by atoms with Crippen LogP contribution in [0.3, 0.4) is 0 Å². The topological polar surface area (TPSA) is 84.5 Å². The molecule has 0 amide bonds. The normalized spacial score (nSPS) is 14.2. The number of thioether (sulfide) groups is 1. The Morgan fingerprint density at radius 1 is 1.30 bits per heavy atom. The zero-order valence-corrected chi connectivity index (χ0v) is 14.1. The van der Waals surface area contributed by atoms with Gasteiger partial charge >= 0.3 is 0 Å². The summed E-state index contributed by atoms with van der Waals surface area (Å²) in [6.45, 7) is 6.71. The molecule has 0 saturated carbocycles. The molecule has 3 rings (SSSR count). The lowest BCUT2D eigenvalue weighted by molar-refractivity contribution is 0.545. The average molecular weight is 327 g/mol. The van der Waals surface area contributed by atoms with Crippen LogP contribution < -0.4 is 5.56 Å². The Bertz CT molecular complexity index is 843. The van der Waals surface area contributed by atoms with Crippen LogP contribution in [0.2, 0.25) is 0 Å². The van der Waals surface area contributed by atoms with Crippen molar-refractivity contribution in [2.45, 2.75) is 44.3 Å². The second-order valence-corrected chi connectivity index (χ2v) is 7.50. The van der Waals surface area contributed by atoms with E-state index in [4.69, 9.17) is 0 Å². The summed E-state index contributed by atoms with van der Waals surface area (Å²) in [6.07, 6.45) is 4.19. The third kappa shape index (κ3) is 2.86. The van der Waals surface area contributed by atoms with Crippen LogP contribution in [0.15, 0.2) is 22.3 Å². The summed E-state index contributed by atoms with van der Waals surface area (Å²) >= 11 is 1.54. The van der Waals surface area contributed by atoms with Gasteiger partial charge in [-0.05, 0) is 6.42 Å². The molecule has 0 aromatic carbocycles. The summed E-state index contributed by atoms with van der Waals surface area (Å²) in [5.41, 5.74) is 0.595. The van der Waals surface area contributed by atoms with Crippen molar-refractivity contribution >= 4 is 11.8 Å². The van der Waals surface area contributed by atoms with Crippen LogP contribution in [-0.4, -0.2) is 25.3 Å². The van der Waals surface area contributed by atoms with E-state index in [1.165, 1.54) is 11.8 Å². The Morgan fingerprint density at radius 2 is 2.00 bits per heavy atom. The summed E-state index contributed by atoms with van der Waals surface area (Å²) in [5.74, 6) is 1.64. The Morgan fingerprint density at radius 3 is 2.61 bits per heavy atom. The van der Waals surface area contributed by atoms with Crippen LogP contribution in [0, 0.1) is 11.3 Å². The summed E-state index contributed by atoms with van der Waals surface area (Å²) < 4.78 is 1.58. The molecule has 0 fully saturated rings. The number of fused-ring (bicyclic) bond motifs is 1. The maximum absolute atomic E-state index is 12.5. The summed E-state index contributed by atoms with van der Waals surface area (Å²) in [7, 11) is 0. The molecule has 0 atom stereocenters. The number of aromatic nitrogens is 4. The van der Waals surface area contributed by atoms with Crippen LogP contribution in [0.4, 0.5) is 0 Å². The molecular formula is C16H17N5OS. The fraction of sp³-hybridized carbons (Fsp3) is 0.438. The summed E-state index contributed by atoms with van der Waals surface area (Å²) in [6, 6.07) is 2.00. The second-order valence-electron chi connectivity index (χ2n) is 6.43. The molecule has 2 aromatic rings. The van der Waals surface area contributed by atoms with Crippen LogP contribution in [-0.2, 0) is 12.0 Å². The standard InChI is InChI=1S/C16H17N5OS/c1-16(2,3)14-18-8-10(9-19-14)12-11(7-17)13(22)21-5-4-6-23-15(21)20-12/h8-9H,4-6H2,1-3H3. The Hall–Kier alpha value is -2.20. The van der Waals surface area contributed by atoms with E-state index >= 15 is 0 Å². The molecule has 2 aromatic heterocycles. The molecule has 0 saturated heterocycles. The Labute approximate surface area is 138 Å². The fourth-order valence-electron chi connectivity index (χ4n) is 2.38. The molecular weight excluding hydrogens is 310 g/mol. The predicted octanol–water partition coefficient (Wildman–Crippen LogP) is 2.37. The van der Waals surface area contributed by atoms with Crippen molar-refractivity contribution in [3.63, 3.8) is 0 Å². The van der Waals surface area contributed by atoms with E-state index < -0.39 is 0 Å². The van der Waals surface area contributed by atoms with Crippen LogP contribution in [0.25, 0.3) is 11.3 Å². The number of hydrogen-bond acceptors (Lipinski definition) is 6. The molecule has 0 N–H and O–H groups in total. The van der Waals surface area contributed by atoms with Gasteiger partial charge in [0.15, 0.2) is 5.16 Å². The minimum Gasteiger partial charge on any atom is -0.286 e. The lowest BCUT2D eigenvalue weighted by atomic mass is 9.95. The highest BCUT2D eigenvalue weighted by Gasteiger charge is 2.22. The van der Waals surface area contributed by atoms with Crippen molar-refractivity contribution in [2.24, 2.45) is 0 Å². The van der Waals surface area contributed by atoms with Gasteiger partial charge in [0.2, 0.25) is 0 Å². The van der Waals surface area contributed by atoms with Crippen molar-refractivity contribution in [1.29, 1.82) is 5.26 Å². The number of nitrogens with zero attached hydrogens (tertiary/aromatic N) is 5. The van der Waals surface area contributed by atoms with Gasteiger partial charge in [0.1, 0.15) is 17.5 Å². The lowest BCUT2D eigenvalue weighted by Crippen LogP contribution is -2.29. The van der Waals surface area contributed by atoms with E-state index in [-0.39, 0.29) is 16.5 Å². The van der Waals surface area contributed by atoms with Crippen molar-refractivity contribution in [3.8, 4) is 17.3 Å². The fourth-order valence-corrected chi connectivity index (χ4v) is 3.32. The minimum absolute atomic E-state index is 0.0587. The van der Waals surface area contributed by atoms with Crippen molar-refractivity contribution in [2.75, 3.05) is 5.75 Å². The molecule has 23 heavy (non-hydrogen) atoms. The first-order valence-electron chi connectivity index (χ1n) is 7.42. The van der Waals surface area contributed by atoms with Gasteiger partial charge in [0.25, 0.3) is 5.56 Å². The van der Waals surface area contributed by atoms with Gasteiger partial charge in [0, 0.05) is 35.7 Å². The quantitative estimate of drug-likeness (QED) is 0.748. The molecule has 6 nitrogen and oxygen atoms in total. The SMILES string of the molecule is CC(C)(C)c1ncc(-c2nc3n(c(=O)c2C#N)CCCS3)cn1. The average Bonchev–Trinajstić information content (AvgIpc) is 2.54. The first-order valence-corrected chi connectivity index (χ1v) is 8.41. The van der Waals surface area contributed by atoms with Gasteiger partial charge in [-0.25, -0.2) is 15.0 Å². The van der Waals surface area contributed by atoms with Crippen molar-refractivity contribution in [1.82, 2.24) is 19.5 Å². The first kappa shape index (κ1) is 15.7. The van der Waals surface area contributed by atoms with Gasteiger partial charge in [-0.1, -0.05) is 32.5 Å². The number of rotatable bonds is 1. The zero-order chi connectivity index (χ0) is 16.6. The third-order valence-corrected chi connectivity index (χ3v) is 4.66. The highest BCUT2D eigenvalue weighted by atomic mass is 32.2. The molecule has 0 radical (unpaired) electrons. The first-order chi connectivity index (χ1) is 10.9. The number of hydrogen-bond donors (Lipinski definition) is 0. The molecule has 0 unspecified atom stereocenters. The largest absolute Gasteiger partial charge is 0.286 e. The molecule has 0 bridgehead atoms. The van der Waals surface area contributed by atoms with Crippen molar-refractivity contribution in [3.05, 3.63) is 34.1 Å². The highest BCUT2D eigenvalue weighted by molar-refractivity contribution is 7.99. The molecule has 3 heterocycles. The summed E-state index contributed by atoms with van der Waals surface area (Å²) in [4.78, 5) is 25.8. The lowest BCUT2D eigenvalue weighted by Gasteiger charge is -2.19. The van der Waals surface area contributed by atoms with E-state index in [9.17, 15) is 10.1 Å². The van der Waals surface area contributed by atoms with Gasteiger partial charge < -0.3 is 0 Å². The maximum atomic E-state index is 12.5. The monoisotopic (exact) mass is 327 g/mol. The van der Waals surface area contributed by atoms with Crippen LogP contribution in [0.5, 0.6) is 0 Å². The molecule has 118 valence electrons. The van der Waals surface area contributed by atoms with Crippen LogP contribution in [0.1, 0.15) is 38.6 Å². The zero-order valence-electron chi connectivity index (χ0n) is 13.3. The van der Waals surface area contributed by atoms with Crippen molar-refractivity contribution < 1.29 is 0 Å². The molecule has 7 heteroatoms. The highest BCUT2D eigenvalue weighted by Crippen LogP contribution is 2.26. The van der Waals surface area contributed by atoms with Gasteiger partial charge in [0.05, 0.1) is 5.69 Å². The van der Waals surface area contributed by atoms with E-state index in [1.54, 1.807) is 17.0 Å². The van der Waals surface area contributed by atoms with Gasteiger partial charge in [-0.15, -0.1) is 0 Å². The molecule has 0 spiro atoms. The van der Waals surface area contributed by atoms with Crippen LogP contribution >= 0.6 is 11.8 Å². The van der Waals surface area contributed by atoms with E-state index in [1.807, 2.05) is 26.8 Å². The predicted molar refractivity (Wildman–Crippen MR) is 88.3 cm³/mol. The Kier molecular flexibility index (Phi) is 3.94. The molecule has 1 aliphatic rings. The van der Waals surface area contributed by atoms with E-state index in [2.05, 4.69) is 15.0 Å². The number of nitriles is 1. The Balaban J connectivity index is 2.15. The maximum Gasteiger partial charge on any atom is 0.272 e. The van der Waals surface area contributed by atoms with Gasteiger partial charge in [-0.2, -0.15) is 5.26 Å². The van der Waals surface area contributed by atoms with E-state index in [0.29, 0.717) is 28.8 Å². The minimum atomic E-state index is -0.278. The second kappa shape index (κ2) is 5.78. The smallest absolute Gasteiger partial charge is 0.272 e. The molecule has 0 aliphatic carbocycles. The van der Waals surface area contributed by atoms with Gasteiger partial charge in [-0.3, -0.25) is 9.36 Å². The third-order valence-electron chi connectivity index (χ3n) is 3.60. The molecule has 1 aliphatic heterocycles.